The number of hydrogen-bond donors (Lipinski definition) is 1. The van der Waals surface area contributed by atoms with Gasteiger partial charge in [-0.25, -0.2) is 0 Å². The van der Waals surface area contributed by atoms with Crippen molar-refractivity contribution < 1.29 is 9.90 Å². The predicted molar refractivity (Wildman–Crippen MR) is 68.8 cm³/mol. The minimum Gasteiger partial charge on any atom is -0.396 e. The summed E-state index contributed by atoms with van der Waals surface area (Å²) >= 11 is 0. The van der Waals surface area contributed by atoms with Crippen LogP contribution >= 0.6 is 0 Å². The molecule has 1 fully saturated rings. The smallest absolute Gasteiger partial charge is 0.240 e. The zero-order chi connectivity index (χ0) is 13.4. The number of nitrogens with zero attached hydrogens (tertiary/aromatic N) is 2. The third-order valence-corrected chi connectivity index (χ3v) is 3.73. The first-order valence-electron chi connectivity index (χ1n) is 6.26. The van der Waals surface area contributed by atoms with Crippen LogP contribution in [0.4, 0.5) is 0 Å². The predicted octanol–water partition coefficient (Wildman–Crippen LogP) is 1.09. The third-order valence-electron chi connectivity index (χ3n) is 3.73. The summed E-state index contributed by atoms with van der Waals surface area (Å²) in [4.78, 5) is 16.5. The Morgan fingerprint density at radius 3 is 2.35 bits per heavy atom. The molecule has 0 aromatic heterocycles. The van der Waals surface area contributed by atoms with E-state index in [1.165, 1.54) is 0 Å². The van der Waals surface area contributed by atoms with Gasteiger partial charge >= 0.3 is 0 Å². The highest BCUT2D eigenvalue weighted by molar-refractivity contribution is 5.83. The summed E-state index contributed by atoms with van der Waals surface area (Å²) in [6.45, 7) is 11.2. The molecule has 17 heavy (non-hydrogen) atoms. The van der Waals surface area contributed by atoms with Crippen LogP contribution in [0.1, 0.15) is 41.0 Å². The molecule has 1 amide bonds. The van der Waals surface area contributed by atoms with Crippen LogP contribution in [0.15, 0.2) is 0 Å². The van der Waals surface area contributed by atoms with E-state index in [9.17, 15) is 4.79 Å². The molecule has 0 aromatic rings. The highest BCUT2D eigenvalue weighted by Gasteiger charge is 2.45. The quantitative estimate of drug-likeness (QED) is 0.788. The third kappa shape index (κ3) is 2.80. The van der Waals surface area contributed by atoms with Crippen molar-refractivity contribution in [3.63, 3.8) is 0 Å². The van der Waals surface area contributed by atoms with Crippen molar-refractivity contribution in [2.24, 2.45) is 0 Å². The van der Waals surface area contributed by atoms with E-state index in [2.05, 4.69) is 39.5 Å². The minimum atomic E-state index is -0.206. The SMILES string of the molecule is CN1C(CCO)C(=O)N(C(C)(C)C)CC1(C)C. The number of aliphatic hydroxyl groups excluding tert-OH is 1. The first-order valence-corrected chi connectivity index (χ1v) is 6.26. The summed E-state index contributed by atoms with van der Waals surface area (Å²) < 4.78 is 0. The molecule has 1 atom stereocenters. The standard InChI is InChI=1S/C13H26N2O2/c1-12(2,3)15-9-13(4,5)14(6)10(7-8-16)11(15)17/h10,16H,7-9H2,1-6H3. The second-order valence-electron chi connectivity index (χ2n) is 6.55. The fourth-order valence-corrected chi connectivity index (χ4v) is 2.35. The van der Waals surface area contributed by atoms with Gasteiger partial charge in [0, 0.05) is 24.2 Å². The Balaban J connectivity index is 3.03. The van der Waals surface area contributed by atoms with Gasteiger partial charge in [-0.3, -0.25) is 9.69 Å². The van der Waals surface area contributed by atoms with Crippen LogP contribution < -0.4 is 0 Å². The van der Waals surface area contributed by atoms with E-state index in [0.29, 0.717) is 6.42 Å². The molecule has 0 aliphatic carbocycles. The molecule has 1 saturated heterocycles. The number of carbonyl (C=O) groups excluding carboxylic acids is 1. The van der Waals surface area contributed by atoms with Crippen molar-refractivity contribution in [3.8, 4) is 0 Å². The summed E-state index contributed by atoms with van der Waals surface area (Å²) in [7, 11) is 1.97. The highest BCUT2D eigenvalue weighted by Crippen LogP contribution is 2.30. The Bertz CT molecular complexity index is 294. The second-order valence-corrected chi connectivity index (χ2v) is 6.55. The number of likely N-dealkylation sites (N-methyl/N-ethyl adjacent to an activating group) is 1. The van der Waals surface area contributed by atoms with Crippen molar-refractivity contribution in [1.29, 1.82) is 0 Å². The molecule has 100 valence electrons. The maximum atomic E-state index is 12.4. The summed E-state index contributed by atoms with van der Waals surface area (Å²) in [5.41, 5.74) is -0.218. The number of carbonyl (C=O) groups is 1. The Labute approximate surface area is 105 Å². The summed E-state index contributed by atoms with van der Waals surface area (Å²) in [6.07, 6.45) is 0.505. The van der Waals surface area contributed by atoms with Gasteiger partial charge < -0.3 is 10.0 Å². The molecule has 1 heterocycles. The Kier molecular flexibility index (Phi) is 3.89. The fraction of sp³-hybridized carbons (Fsp3) is 0.923. The van der Waals surface area contributed by atoms with Gasteiger partial charge in [0.2, 0.25) is 5.91 Å². The summed E-state index contributed by atoms with van der Waals surface area (Å²) in [6, 6.07) is -0.206. The van der Waals surface area contributed by atoms with E-state index in [1.54, 1.807) is 0 Å². The number of piperazine rings is 1. The molecule has 1 unspecified atom stereocenters. The first kappa shape index (κ1) is 14.5. The van der Waals surface area contributed by atoms with Crippen LogP contribution in [0.2, 0.25) is 0 Å². The van der Waals surface area contributed by atoms with Gasteiger partial charge in [0.15, 0.2) is 0 Å². The number of hydrogen-bond acceptors (Lipinski definition) is 3. The lowest BCUT2D eigenvalue weighted by atomic mass is 9.90. The van der Waals surface area contributed by atoms with Crippen molar-refractivity contribution in [2.75, 3.05) is 20.2 Å². The topological polar surface area (TPSA) is 43.8 Å². The van der Waals surface area contributed by atoms with Gasteiger partial charge in [0.1, 0.15) is 0 Å². The van der Waals surface area contributed by atoms with Crippen LogP contribution in [0.5, 0.6) is 0 Å². The maximum Gasteiger partial charge on any atom is 0.240 e. The van der Waals surface area contributed by atoms with Gasteiger partial charge in [-0.2, -0.15) is 0 Å². The van der Waals surface area contributed by atoms with E-state index in [-0.39, 0.29) is 29.6 Å². The van der Waals surface area contributed by atoms with Gasteiger partial charge in [-0.05, 0) is 48.1 Å². The van der Waals surface area contributed by atoms with Crippen molar-refractivity contribution >= 4 is 5.91 Å². The van der Waals surface area contributed by atoms with Gasteiger partial charge in [0.05, 0.1) is 6.04 Å². The summed E-state index contributed by atoms with van der Waals surface area (Å²) in [5.74, 6) is 0.133. The monoisotopic (exact) mass is 242 g/mol. The molecule has 0 spiro atoms. The summed E-state index contributed by atoms with van der Waals surface area (Å²) in [5, 5.41) is 9.12. The van der Waals surface area contributed by atoms with Crippen LogP contribution in [0.3, 0.4) is 0 Å². The van der Waals surface area contributed by atoms with Gasteiger partial charge in [-0.1, -0.05) is 0 Å². The van der Waals surface area contributed by atoms with Gasteiger partial charge in [-0.15, -0.1) is 0 Å². The van der Waals surface area contributed by atoms with Crippen LogP contribution in [0, 0.1) is 0 Å². The van der Waals surface area contributed by atoms with Gasteiger partial charge in [0.25, 0.3) is 0 Å². The molecule has 1 aliphatic heterocycles. The maximum absolute atomic E-state index is 12.4. The molecule has 1 aliphatic rings. The number of aliphatic hydroxyl groups is 1. The molecule has 0 bridgehead atoms. The van der Waals surface area contributed by atoms with E-state index >= 15 is 0 Å². The average molecular weight is 242 g/mol. The van der Waals surface area contributed by atoms with Crippen LogP contribution in [0.25, 0.3) is 0 Å². The molecule has 4 heteroatoms. The number of amides is 1. The lowest BCUT2D eigenvalue weighted by Crippen LogP contribution is -2.68. The first-order chi connectivity index (χ1) is 7.61. The Morgan fingerprint density at radius 2 is 1.94 bits per heavy atom. The van der Waals surface area contributed by atoms with Crippen molar-refractivity contribution in [1.82, 2.24) is 9.80 Å². The lowest BCUT2D eigenvalue weighted by Gasteiger charge is -2.53. The van der Waals surface area contributed by atoms with Crippen LogP contribution in [-0.2, 0) is 4.79 Å². The zero-order valence-electron chi connectivity index (χ0n) is 11.9. The molecule has 4 nitrogen and oxygen atoms in total. The molecule has 0 saturated carbocycles. The number of rotatable bonds is 2. The fourth-order valence-electron chi connectivity index (χ4n) is 2.35. The highest BCUT2D eigenvalue weighted by atomic mass is 16.3. The molecule has 0 radical (unpaired) electrons. The largest absolute Gasteiger partial charge is 0.396 e. The molecular weight excluding hydrogens is 216 g/mol. The molecular formula is C13H26N2O2. The molecule has 1 N–H and O–H groups in total. The second kappa shape index (κ2) is 4.58. The lowest BCUT2D eigenvalue weighted by molar-refractivity contribution is -0.156. The Morgan fingerprint density at radius 1 is 1.41 bits per heavy atom. The molecule has 1 rings (SSSR count). The van der Waals surface area contributed by atoms with E-state index in [1.807, 2.05) is 11.9 Å². The van der Waals surface area contributed by atoms with E-state index in [4.69, 9.17) is 5.11 Å². The van der Waals surface area contributed by atoms with Crippen LogP contribution in [-0.4, -0.2) is 58.1 Å². The molecule has 0 aromatic carbocycles. The average Bonchev–Trinajstić information content (AvgIpc) is 2.17. The minimum absolute atomic E-state index is 0.0504. The van der Waals surface area contributed by atoms with E-state index in [0.717, 1.165) is 6.54 Å². The van der Waals surface area contributed by atoms with Crippen molar-refractivity contribution in [3.05, 3.63) is 0 Å². The zero-order valence-corrected chi connectivity index (χ0v) is 11.9. The normalized spacial score (nSPS) is 26.4. The van der Waals surface area contributed by atoms with Crippen molar-refractivity contribution in [2.45, 2.75) is 58.2 Å². The van der Waals surface area contributed by atoms with E-state index < -0.39 is 0 Å². The Hall–Kier alpha value is -0.610.